The van der Waals surface area contributed by atoms with Crippen LogP contribution in [0.15, 0.2) is 48.7 Å². The van der Waals surface area contributed by atoms with E-state index in [-0.39, 0.29) is 24.7 Å². The number of cyclic esters (lactones) is 1. The summed E-state index contributed by atoms with van der Waals surface area (Å²) in [7, 11) is 2.07. The molecule has 2 aromatic heterocycles. The SMILES string of the molecule is CN1CC(Oc2cnnc(-c3cccc(CNCCC4CN(c5ccc6c(n5)NC(=O)CO6)C(=O)O4)c3)c2)C1. The highest BCUT2D eigenvalue weighted by Gasteiger charge is 2.33. The Labute approximate surface area is 225 Å². The Kier molecular flexibility index (Phi) is 6.95. The highest BCUT2D eigenvalue weighted by Crippen LogP contribution is 2.30. The minimum atomic E-state index is -0.458. The number of amides is 2. The fourth-order valence-electron chi connectivity index (χ4n) is 4.76. The van der Waals surface area contributed by atoms with E-state index < -0.39 is 6.09 Å². The van der Waals surface area contributed by atoms with Gasteiger partial charge in [0.25, 0.3) is 5.91 Å². The van der Waals surface area contributed by atoms with Crippen molar-refractivity contribution in [1.29, 1.82) is 0 Å². The zero-order valence-electron chi connectivity index (χ0n) is 21.5. The van der Waals surface area contributed by atoms with Gasteiger partial charge in [0.1, 0.15) is 23.8 Å². The molecule has 0 aliphatic carbocycles. The zero-order chi connectivity index (χ0) is 26.8. The number of fused-ring (bicyclic) bond motifs is 1. The molecule has 2 fully saturated rings. The van der Waals surface area contributed by atoms with Crippen LogP contribution in [0.2, 0.25) is 0 Å². The van der Waals surface area contributed by atoms with Gasteiger partial charge in [-0.25, -0.2) is 9.78 Å². The van der Waals surface area contributed by atoms with Crippen molar-refractivity contribution >= 4 is 23.6 Å². The van der Waals surface area contributed by atoms with Gasteiger partial charge in [0.2, 0.25) is 0 Å². The number of hydrogen-bond acceptors (Lipinski definition) is 10. The number of pyridine rings is 1. The minimum absolute atomic E-state index is 0.0477. The maximum absolute atomic E-state index is 12.5. The third-order valence-electron chi connectivity index (χ3n) is 6.77. The van der Waals surface area contributed by atoms with Gasteiger partial charge in [0.05, 0.1) is 18.4 Å². The predicted octanol–water partition coefficient (Wildman–Crippen LogP) is 2.07. The first-order chi connectivity index (χ1) is 19.0. The van der Waals surface area contributed by atoms with E-state index in [2.05, 4.69) is 49.9 Å². The minimum Gasteiger partial charge on any atom is -0.486 e. The lowest BCUT2D eigenvalue weighted by Gasteiger charge is -2.35. The molecule has 0 spiro atoms. The van der Waals surface area contributed by atoms with E-state index in [1.165, 1.54) is 4.90 Å². The number of anilines is 2. The largest absolute Gasteiger partial charge is 0.486 e. The number of likely N-dealkylation sites (tertiary alicyclic amines) is 1. The number of nitrogens with zero attached hydrogens (tertiary/aromatic N) is 5. The quantitative estimate of drug-likeness (QED) is 0.396. The molecule has 3 aliphatic rings. The first-order valence-electron chi connectivity index (χ1n) is 12.9. The molecule has 3 aromatic rings. The average Bonchev–Trinajstić information content (AvgIpc) is 3.30. The highest BCUT2D eigenvalue weighted by molar-refractivity contribution is 5.95. The molecule has 6 rings (SSSR count). The van der Waals surface area contributed by atoms with E-state index in [1.807, 2.05) is 18.2 Å². The normalized spacial score (nSPS) is 19.1. The van der Waals surface area contributed by atoms with Gasteiger partial charge in [-0.05, 0) is 43.8 Å². The zero-order valence-corrected chi connectivity index (χ0v) is 21.5. The average molecular weight is 532 g/mol. The van der Waals surface area contributed by atoms with Crippen molar-refractivity contribution in [3.8, 4) is 22.8 Å². The lowest BCUT2D eigenvalue weighted by molar-refractivity contribution is -0.118. The Bertz CT molecular complexity index is 1380. The number of carbonyl (C=O) groups excluding carboxylic acids is 2. The van der Waals surface area contributed by atoms with E-state index in [4.69, 9.17) is 14.2 Å². The first-order valence-corrected chi connectivity index (χ1v) is 12.9. The van der Waals surface area contributed by atoms with Crippen molar-refractivity contribution in [3.63, 3.8) is 0 Å². The topological polar surface area (TPSA) is 131 Å². The summed E-state index contributed by atoms with van der Waals surface area (Å²) in [6, 6.07) is 13.4. The molecule has 12 nitrogen and oxygen atoms in total. The lowest BCUT2D eigenvalue weighted by Crippen LogP contribution is -2.51. The van der Waals surface area contributed by atoms with Crippen LogP contribution in [0.5, 0.6) is 11.5 Å². The molecule has 0 radical (unpaired) electrons. The molecule has 3 aliphatic heterocycles. The van der Waals surface area contributed by atoms with Gasteiger partial charge >= 0.3 is 6.09 Å². The van der Waals surface area contributed by atoms with Gasteiger partial charge in [-0.15, -0.1) is 0 Å². The molecule has 1 atom stereocenters. The third kappa shape index (κ3) is 5.76. The number of ether oxygens (including phenoxy) is 3. The van der Waals surface area contributed by atoms with E-state index in [1.54, 1.807) is 18.3 Å². The predicted molar refractivity (Wildman–Crippen MR) is 142 cm³/mol. The molecule has 202 valence electrons. The summed E-state index contributed by atoms with van der Waals surface area (Å²) in [5, 5.41) is 14.5. The standard InChI is InChI=1S/C27H29N7O5/c1-33-13-21(14-33)38-20-10-22(32-29-12-20)18-4-2-3-17(9-18)11-28-8-7-19-15-34(27(36)39-19)24-6-5-23-26(30-24)31-25(35)16-37-23/h2-6,9-10,12,19,21,28H,7-8,11,13-16H2,1H3,(H,30,31,35). The molecule has 0 bridgehead atoms. The second kappa shape index (κ2) is 10.8. The maximum atomic E-state index is 12.5. The second-order valence-electron chi connectivity index (χ2n) is 9.87. The van der Waals surface area contributed by atoms with Crippen LogP contribution in [-0.4, -0.2) is 84.1 Å². The van der Waals surface area contributed by atoms with Crippen LogP contribution in [0, 0.1) is 0 Å². The first kappa shape index (κ1) is 25.0. The Hall–Kier alpha value is -4.29. The number of benzene rings is 1. The van der Waals surface area contributed by atoms with Crippen LogP contribution in [-0.2, 0) is 16.1 Å². The molecule has 1 aromatic carbocycles. The lowest BCUT2D eigenvalue weighted by atomic mass is 10.1. The highest BCUT2D eigenvalue weighted by atomic mass is 16.6. The van der Waals surface area contributed by atoms with Crippen molar-refractivity contribution in [2.75, 3.05) is 50.1 Å². The number of rotatable bonds is 9. The number of carbonyl (C=O) groups is 2. The van der Waals surface area contributed by atoms with Crippen molar-refractivity contribution in [1.82, 2.24) is 25.4 Å². The summed E-state index contributed by atoms with van der Waals surface area (Å²) in [5.74, 6) is 1.64. The fourth-order valence-corrected chi connectivity index (χ4v) is 4.76. The summed E-state index contributed by atoms with van der Waals surface area (Å²) in [4.78, 5) is 32.1. The number of aromatic nitrogens is 3. The molecular formula is C27H29N7O5. The smallest absolute Gasteiger partial charge is 0.415 e. The Morgan fingerprint density at radius 3 is 2.92 bits per heavy atom. The van der Waals surface area contributed by atoms with Crippen LogP contribution in [0.25, 0.3) is 11.3 Å². The molecule has 2 saturated heterocycles. The van der Waals surface area contributed by atoms with Gasteiger partial charge in [-0.3, -0.25) is 14.6 Å². The summed E-state index contributed by atoms with van der Waals surface area (Å²) < 4.78 is 16.9. The van der Waals surface area contributed by atoms with E-state index in [0.717, 1.165) is 35.7 Å². The van der Waals surface area contributed by atoms with Gasteiger partial charge in [0.15, 0.2) is 18.2 Å². The molecule has 12 heteroatoms. The number of nitrogens with one attached hydrogen (secondary N) is 2. The molecule has 2 N–H and O–H groups in total. The van der Waals surface area contributed by atoms with Crippen LogP contribution in [0.4, 0.5) is 16.4 Å². The van der Waals surface area contributed by atoms with E-state index in [9.17, 15) is 9.59 Å². The maximum Gasteiger partial charge on any atom is 0.415 e. The molecule has 2 amide bonds. The Balaban J connectivity index is 0.996. The van der Waals surface area contributed by atoms with Crippen LogP contribution in [0.3, 0.4) is 0 Å². The third-order valence-corrected chi connectivity index (χ3v) is 6.77. The number of hydrogen-bond donors (Lipinski definition) is 2. The summed E-state index contributed by atoms with van der Waals surface area (Å²) in [5.41, 5.74) is 2.84. The van der Waals surface area contributed by atoms with Gasteiger partial charge in [-0.1, -0.05) is 18.2 Å². The summed E-state index contributed by atoms with van der Waals surface area (Å²) in [6.45, 7) is 3.48. The van der Waals surface area contributed by atoms with Gasteiger partial charge in [-0.2, -0.15) is 10.2 Å². The molecule has 1 unspecified atom stereocenters. The van der Waals surface area contributed by atoms with Crippen LogP contribution < -0.4 is 25.0 Å². The summed E-state index contributed by atoms with van der Waals surface area (Å²) in [6.07, 6.45) is 1.76. The van der Waals surface area contributed by atoms with E-state index in [0.29, 0.717) is 43.4 Å². The molecular weight excluding hydrogens is 502 g/mol. The second-order valence-corrected chi connectivity index (χ2v) is 9.87. The van der Waals surface area contributed by atoms with Gasteiger partial charge < -0.3 is 24.8 Å². The Morgan fingerprint density at radius 1 is 1.15 bits per heavy atom. The molecule has 5 heterocycles. The van der Waals surface area contributed by atoms with Gasteiger partial charge in [0, 0.05) is 31.3 Å². The number of likely N-dealkylation sites (N-methyl/N-ethyl adjacent to an activating group) is 1. The molecule has 39 heavy (non-hydrogen) atoms. The molecule has 0 saturated carbocycles. The van der Waals surface area contributed by atoms with Crippen molar-refractivity contribution in [2.45, 2.75) is 25.2 Å². The van der Waals surface area contributed by atoms with Crippen LogP contribution in [0.1, 0.15) is 12.0 Å². The van der Waals surface area contributed by atoms with Crippen LogP contribution >= 0.6 is 0 Å². The van der Waals surface area contributed by atoms with Crippen molar-refractivity contribution in [2.24, 2.45) is 0 Å². The summed E-state index contributed by atoms with van der Waals surface area (Å²) >= 11 is 0. The van der Waals surface area contributed by atoms with Crippen molar-refractivity contribution < 1.29 is 23.8 Å². The van der Waals surface area contributed by atoms with Crippen molar-refractivity contribution in [3.05, 3.63) is 54.2 Å². The fraction of sp³-hybridized carbons (Fsp3) is 0.370. The Morgan fingerprint density at radius 2 is 2.05 bits per heavy atom. The monoisotopic (exact) mass is 531 g/mol. The van der Waals surface area contributed by atoms with E-state index >= 15 is 0 Å².